The van der Waals surface area contributed by atoms with Crippen LogP contribution in [-0.2, 0) is 16.1 Å². The van der Waals surface area contributed by atoms with Gasteiger partial charge >= 0.3 is 12.1 Å². The van der Waals surface area contributed by atoms with E-state index in [1.54, 1.807) is 0 Å². The molecule has 2 heterocycles. The molecule has 0 radical (unpaired) electrons. The molecule has 6 rings (SSSR count). The molecular weight excluding hydrogens is 526 g/mol. The summed E-state index contributed by atoms with van der Waals surface area (Å²) in [5, 5.41) is 22.3. The van der Waals surface area contributed by atoms with Gasteiger partial charge in [0, 0.05) is 25.6 Å². The Kier molecular flexibility index (Phi) is 6.94. The number of anilines is 1. The lowest BCUT2D eigenvalue weighted by molar-refractivity contribution is -0.144. The second-order valence-electron chi connectivity index (χ2n) is 10.2. The average molecular weight is 554 g/mol. The Hall–Kier alpha value is -5.03. The van der Waals surface area contributed by atoms with Crippen LogP contribution in [0.2, 0.25) is 0 Å². The molecule has 208 valence electrons. The molecule has 0 saturated carbocycles. The van der Waals surface area contributed by atoms with Crippen LogP contribution >= 0.6 is 0 Å². The number of hydrogen-bond acceptors (Lipinski definition) is 8. The van der Waals surface area contributed by atoms with E-state index in [2.05, 4.69) is 20.9 Å². The summed E-state index contributed by atoms with van der Waals surface area (Å²) in [4.78, 5) is 40.1. The van der Waals surface area contributed by atoms with Crippen LogP contribution in [0, 0.1) is 0 Å². The van der Waals surface area contributed by atoms with Crippen molar-refractivity contribution >= 4 is 23.8 Å². The molecule has 0 spiro atoms. The lowest BCUT2D eigenvalue weighted by atomic mass is 9.98. The zero-order chi connectivity index (χ0) is 28.4. The number of carboxylic acids is 1. The minimum absolute atomic E-state index is 0.0616. The van der Waals surface area contributed by atoms with Crippen LogP contribution in [0.5, 0.6) is 0 Å². The Morgan fingerprint density at radius 3 is 2.29 bits per heavy atom. The minimum atomic E-state index is -1.54. The zero-order valence-corrected chi connectivity index (χ0v) is 21.9. The molecule has 1 saturated heterocycles. The number of carboxylic acid groups (broad SMARTS) is 1. The van der Waals surface area contributed by atoms with Crippen LogP contribution in [0.3, 0.4) is 0 Å². The van der Waals surface area contributed by atoms with Crippen molar-refractivity contribution in [3.05, 3.63) is 101 Å². The van der Waals surface area contributed by atoms with Crippen LogP contribution in [-0.4, -0.2) is 63.5 Å². The molecule has 1 unspecified atom stereocenters. The normalized spacial score (nSPS) is 18.0. The van der Waals surface area contributed by atoms with E-state index < -0.39 is 23.5 Å². The first-order valence-electron chi connectivity index (χ1n) is 13.2. The highest BCUT2D eigenvalue weighted by molar-refractivity contribution is 6.02. The summed E-state index contributed by atoms with van der Waals surface area (Å²) in [7, 11) is 0. The Bertz CT molecular complexity index is 1560. The Morgan fingerprint density at radius 2 is 1.61 bits per heavy atom. The van der Waals surface area contributed by atoms with Crippen LogP contribution in [0.15, 0.2) is 83.5 Å². The van der Waals surface area contributed by atoms with Gasteiger partial charge in [0.1, 0.15) is 6.61 Å². The lowest BCUT2D eigenvalue weighted by Crippen LogP contribution is -2.56. The Morgan fingerprint density at radius 1 is 0.951 bits per heavy atom. The monoisotopic (exact) mass is 553 g/mol. The number of amides is 2. The zero-order valence-electron chi connectivity index (χ0n) is 21.9. The number of nitrogens with one attached hydrogen (secondary N) is 2. The van der Waals surface area contributed by atoms with Gasteiger partial charge in [-0.2, -0.15) is 0 Å². The van der Waals surface area contributed by atoms with Crippen molar-refractivity contribution in [2.75, 3.05) is 25.0 Å². The van der Waals surface area contributed by atoms with Crippen molar-refractivity contribution in [2.45, 2.75) is 24.4 Å². The minimum Gasteiger partial charge on any atom is -0.479 e. The number of rotatable bonds is 8. The number of aromatic nitrogens is 2. The van der Waals surface area contributed by atoms with Crippen molar-refractivity contribution in [2.24, 2.45) is 0 Å². The fourth-order valence-electron chi connectivity index (χ4n) is 5.62. The summed E-state index contributed by atoms with van der Waals surface area (Å²) < 4.78 is 10.2. The number of nitrogens with zero attached hydrogens (tertiary/aromatic N) is 3. The number of hydrogen-bond donors (Lipinski definition) is 3. The number of fused-ring (bicyclic) bond motifs is 3. The predicted octanol–water partition coefficient (Wildman–Crippen LogP) is 3.89. The van der Waals surface area contributed by atoms with Crippen LogP contribution in [0.25, 0.3) is 11.1 Å². The van der Waals surface area contributed by atoms with Gasteiger partial charge < -0.3 is 15.2 Å². The van der Waals surface area contributed by atoms with E-state index in [0.717, 1.165) is 27.8 Å². The number of likely N-dealkylation sites (tertiary alicyclic amines) is 1. The topological polar surface area (TPSA) is 147 Å². The van der Waals surface area contributed by atoms with Crippen molar-refractivity contribution in [3.8, 4) is 11.1 Å². The van der Waals surface area contributed by atoms with Crippen molar-refractivity contribution < 1.29 is 28.9 Å². The molecule has 3 N–H and O–H groups in total. The van der Waals surface area contributed by atoms with Crippen molar-refractivity contribution in [1.29, 1.82) is 0 Å². The van der Waals surface area contributed by atoms with Gasteiger partial charge in [-0.15, -0.1) is 0 Å². The van der Waals surface area contributed by atoms with Crippen LogP contribution in [0.4, 0.5) is 10.6 Å². The lowest BCUT2D eigenvalue weighted by Gasteiger charge is -2.26. The third-order valence-corrected chi connectivity index (χ3v) is 7.63. The third kappa shape index (κ3) is 5.14. The molecule has 11 heteroatoms. The van der Waals surface area contributed by atoms with Crippen molar-refractivity contribution in [3.63, 3.8) is 0 Å². The first-order chi connectivity index (χ1) is 19.9. The molecule has 4 aromatic rings. The molecule has 1 aromatic heterocycles. The van der Waals surface area contributed by atoms with E-state index >= 15 is 0 Å². The van der Waals surface area contributed by atoms with E-state index in [1.165, 1.54) is 0 Å². The molecular formula is C30H27N5O6. The van der Waals surface area contributed by atoms with E-state index in [0.29, 0.717) is 13.1 Å². The summed E-state index contributed by atoms with van der Waals surface area (Å²) in [5.74, 6) is -2.41. The molecule has 41 heavy (non-hydrogen) atoms. The largest absolute Gasteiger partial charge is 0.479 e. The Labute approximate surface area is 235 Å². The average Bonchev–Trinajstić information content (AvgIpc) is 3.69. The van der Waals surface area contributed by atoms with Gasteiger partial charge in [-0.05, 0) is 44.6 Å². The van der Waals surface area contributed by atoms with Gasteiger partial charge in [-0.25, -0.2) is 14.2 Å². The van der Waals surface area contributed by atoms with Gasteiger partial charge in [0.05, 0.1) is 0 Å². The van der Waals surface area contributed by atoms with Crippen LogP contribution < -0.4 is 10.6 Å². The molecule has 2 amide bonds. The summed E-state index contributed by atoms with van der Waals surface area (Å²) in [6.07, 6.45) is -0.652. The predicted molar refractivity (Wildman–Crippen MR) is 147 cm³/mol. The molecule has 3 aromatic carbocycles. The fraction of sp³-hybridized carbons (Fsp3) is 0.233. The first-order valence-corrected chi connectivity index (χ1v) is 13.2. The second kappa shape index (κ2) is 10.9. The molecule has 2 aliphatic rings. The number of carbonyl (C=O) groups excluding carboxylic acids is 2. The maximum atomic E-state index is 13.1. The quantitative estimate of drug-likeness (QED) is 0.296. The Balaban J connectivity index is 1.10. The maximum Gasteiger partial charge on any atom is 0.412 e. The number of benzene rings is 3. The number of aliphatic carboxylic acids is 1. The van der Waals surface area contributed by atoms with E-state index in [4.69, 9.17) is 9.37 Å². The van der Waals surface area contributed by atoms with E-state index in [1.807, 2.05) is 83.8 Å². The molecule has 1 aliphatic heterocycles. The summed E-state index contributed by atoms with van der Waals surface area (Å²) >= 11 is 0. The third-order valence-electron chi connectivity index (χ3n) is 7.63. The van der Waals surface area contributed by atoms with Crippen molar-refractivity contribution in [1.82, 2.24) is 20.5 Å². The molecule has 1 fully saturated rings. The standard InChI is InChI=1S/C30H27N5O6/c36-27(32-30(28(37)38)14-15-35(18-30)16-19-8-2-1-3-9-19)25-26(34-41-33-25)31-29(39)40-17-24-22-12-6-4-10-20(22)21-11-5-7-13-23(21)24/h1-13,24H,14-18H2,(H,32,36)(H,37,38)(H,31,34,39). The number of ether oxygens (including phenoxy) is 1. The van der Waals surface area contributed by atoms with E-state index in [9.17, 15) is 19.5 Å². The molecule has 11 nitrogen and oxygen atoms in total. The maximum absolute atomic E-state index is 13.1. The van der Waals surface area contributed by atoms with Gasteiger partial charge in [0.25, 0.3) is 5.91 Å². The summed E-state index contributed by atoms with van der Waals surface area (Å²) in [5.41, 5.74) is 3.46. The fourth-order valence-corrected chi connectivity index (χ4v) is 5.62. The number of carbonyl (C=O) groups is 3. The van der Waals surface area contributed by atoms with E-state index in [-0.39, 0.29) is 37.0 Å². The summed E-state index contributed by atoms with van der Waals surface area (Å²) in [6.45, 7) is 1.19. The second-order valence-corrected chi connectivity index (χ2v) is 10.2. The van der Waals surface area contributed by atoms with Gasteiger partial charge in [0.15, 0.2) is 5.54 Å². The molecule has 1 atom stereocenters. The highest BCUT2D eigenvalue weighted by Crippen LogP contribution is 2.44. The highest BCUT2D eigenvalue weighted by Gasteiger charge is 2.47. The highest BCUT2D eigenvalue weighted by atomic mass is 16.6. The SMILES string of the molecule is O=C(Nc1nonc1C(=O)NC1(C(=O)O)CCN(Cc2ccccc2)C1)OCC1c2ccccc2-c2ccccc21. The van der Waals surface area contributed by atoms with Crippen LogP contribution in [0.1, 0.15) is 39.5 Å². The molecule has 0 bridgehead atoms. The summed E-state index contributed by atoms with van der Waals surface area (Å²) in [6, 6.07) is 25.6. The van der Waals surface area contributed by atoms with Gasteiger partial charge in [0.2, 0.25) is 11.5 Å². The smallest absolute Gasteiger partial charge is 0.412 e. The van der Waals surface area contributed by atoms with Gasteiger partial charge in [-0.3, -0.25) is 15.0 Å². The molecule has 1 aliphatic carbocycles. The van der Waals surface area contributed by atoms with Gasteiger partial charge in [-0.1, -0.05) is 78.9 Å². The first kappa shape index (κ1) is 26.2.